The minimum absolute atomic E-state index is 0.188. The molecule has 0 aliphatic carbocycles. The maximum absolute atomic E-state index is 10.8. The Morgan fingerprint density at radius 1 is 1.50 bits per heavy atom. The number of rotatable bonds is 7. The minimum Gasteiger partial charge on any atom is -0.477 e. The predicted molar refractivity (Wildman–Crippen MR) is 56.6 cm³/mol. The zero-order chi connectivity index (χ0) is 12.0. The highest BCUT2D eigenvalue weighted by Crippen LogP contribution is 2.04. The molecule has 1 heterocycles. The Balaban J connectivity index is 2.46. The summed E-state index contributed by atoms with van der Waals surface area (Å²) in [5.41, 5.74) is 0.188. The maximum Gasteiger partial charge on any atom is 0.354 e. The van der Waals surface area contributed by atoms with Crippen LogP contribution in [0.25, 0.3) is 0 Å². The maximum atomic E-state index is 10.8. The molecule has 90 valence electrons. The van der Waals surface area contributed by atoms with Crippen molar-refractivity contribution in [3.63, 3.8) is 0 Å². The van der Waals surface area contributed by atoms with Gasteiger partial charge in [0.25, 0.3) is 0 Å². The van der Waals surface area contributed by atoms with Crippen LogP contribution in [0.1, 0.15) is 16.3 Å². The molecule has 1 N–H and O–H groups in total. The highest BCUT2D eigenvalue weighted by Gasteiger charge is 2.12. The van der Waals surface area contributed by atoms with Crippen LogP contribution in [-0.4, -0.2) is 47.6 Å². The molecule has 0 bridgehead atoms. The molecular weight excluding hydrogens is 212 g/mol. The standard InChI is InChI=1S/C10H16N2O4/c1-8-11-7-9(10(13)14)12(8)3-4-16-6-5-15-2/h7H,3-6H2,1-2H3,(H,13,14). The molecule has 6 nitrogen and oxygen atoms in total. The molecule has 0 fully saturated rings. The highest BCUT2D eigenvalue weighted by atomic mass is 16.5. The number of methoxy groups -OCH3 is 1. The largest absolute Gasteiger partial charge is 0.477 e. The Morgan fingerprint density at radius 3 is 2.88 bits per heavy atom. The summed E-state index contributed by atoms with van der Waals surface area (Å²) in [5, 5.41) is 8.90. The summed E-state index contributed by atoms with van der Waals surface area (Å²) >= 11 is 0. The van der Waals surface area contributed by atoms with Gasteiger partial charge >= 0.3 is 5.97 Å². The van der Waals surface area contributed by atoms with Crippen LogP contribution in [0.2, 0.25) is 0 Å². The number of ether oxygens (including phenoxy) is 2. The summed E-state index contributed by atoms with van der Waals surface area (Å²) in [4.78, 5) is 14.8. The molecule has 0 aliphatic rings. The topological polar surface area (TPSA) is 73.6 Å². The van der Waals surface area contributed by atoms with Crippen molar-refractivity contribution in [1.82, 2.24) is 9.55 Å². The summed E-state index contributed by atoms with van der Waals surface area (Å²) in [6.07, 6.45) is 1.35. The molecule has 0 unspecified atom stereocenters. The molecule has 1 rings (SSSR count). The lowest BCUT2D eigenvalue weighted by Gasteiger charge is -2.08. The zero-order valence-electron chi connectivity index (χ0n) is 9.47. The van der Waals surface area contributed by atoms with Crippen LogP contribution in [0, 0.1) is 6.92 Å². The molecule has 0 radical (unpaired) electrons. The first-order chi connectivity index (χ1) is 7.66. The molecule has 0 saturated heterocycles. The number of hydrogen-bond acceptors (Lipinski definition) is 4. The van der Waals surface area contributed by atoms with Crippen molar-refractivity contribution in [2.24, 2.45) is 0 Å². The molecule has 0 spiro atoms. The second-order valence-corrected chi connectivity index (χ2v) is 3.25. The Morgan fingerprint density at radius 2 is 2.25 bits per heavy atom. The number of nitrogens with zero attached hydrogens (tertiary/aromatic N) is 2. The van der Waals surface area contributed by atoms with Crippen LogP contribution in [0.5, 0.6) is 0 Å². The van der Waals surface area contributed by atoms with Crippen molar-refractivity contribution in [3.05, 3.63) is 17.7 Å². The fraction of sp³-hybridized carbons (Fsp3) is 0.600. The third kappa shape index (κ3) is 3.32. The van der Waals surface area contributed by atoms with Crippen molar-refractivity contribution in [3.8, 4) is 0 Å². The Kier molecular flexibility index (Phi) is 4.94. The molecular formula is C10H16N2O4. The van der Waals surface area contributed by atoms with Crippen LogP contribution in [0.3, 0.4) is 0 Å². The van der Waals surface area contributed by atoms with Gasteiger partial charge in [-0.05, 0) is 6.92 Å². The number of imidazole rings is 1. The van der Waals surface area contributed by atoms with Crippen molar-refractivity contribution in [2.45, 2.75) is 13.5 Å². The molecule has 1 aromatic heterocycles. The number of carboxylic acids is 1. The summed E-state index contributed by atoms with van der Waals surface area (Å²) in [6.45, 7) is 3.74. The smallest absolute Gasteiger partial charge is 0.354 e. The van der Waals surface area contributed by atoms with E-state index in [0.717, 1.165) is 0 Å². The van der Waals surface area contributed by atoms with E-state index >= 15 is 0 Å². The second-order valence-electron chi connectivity index (χ2n) is 3.25. The van der Waals surface area contributed by atoms with Gasteiger partial charge in [0, 0.05) is 13.7 Å². The van der Waals surface area contributed by atoms with Crippen molar-refractivity contribution in [1.29, 1.82) is 0 Å². The predicted octanol–water partition coefficient (Wildman–Crippen LogP) is 0.553. The number of carboxylic acid groups (broad SMARTS) is 1. The van der Waals surface area contributed by atoms with Crippen molar-refractivity contribution < 1.29 is 19.4 Å². The summed E-state index contributed by atoms with van der Waals surface area (Å²) in [5.74, 6) is -0.301. The van der Waals surface area contributed by atoms with Crippen LogP contribution in [0.4, 0.5) is 0 Å². The normalized spacial score (nSPS) is 10.6. The van der Waals surface area contributed by atoms with Gasteiger partial charge in [0.2, 0.25) is 0 Å². The van der Waals surface area contributed by atoms with Gasteiger partial charge < -0.3 is 19.1 Å². The summed E-state index contributed by atoms with van der Waals surface area (Å²) in [7, 11) is 1.60. The number of aromatic carboxylic acids is 1. The van der Waals surface area contributed by atoms with E-state index in [4.69, 9.17) is 14.6 Å². The summed E-state index contributed by atoms with van der Waals surface area (Å²) in [6, 6.07) is 0. The molecule has 0 amide bonds. The van der Waals surface area contributed by atoms with Crippen LogP contribution in [0.15, 0.2) is 6.20 Å². The monoisotopic (exact) mass is 228 g/mol. The number of carbonyl (C=O) groups is 1. The van der Waals surface area contributed by atoms with Gasteiger partial charge in [0.1, 0.15) is 11.5 Å². The Labute approximate surface area is 93.8 Å². The van der Waals surface area contributed by atoms with E-state index in [1.807, 2.05) is 0 Å². The number of aromatic nitrogens is 2. The van der Waals surface area contributed by atoms with Crippen LogP contribution < -0.4 is 0 Å². The van der Waals surface area contributed by atoms with E-state index < -0.39 is 5.97 Å². The van der Waals surface area contributed by atoms with Crippen molar-refractivity contribution in [2.75, 3.05) is 26.9 Å². The Bertz CT molecular complexity index is 349. The van der Waals surface area contributed by atoms with Gasteiger partial charge in [-0.1, -0.05) is 0 Å². The third-order valence-corrected chi connectivity index (χ3v) is 2.17. The minimum atomic E-state index is -0.975. The van der Waals surface area contributed by atoms with Gasteiger partial charge in [-0.2, -0.15) is 0 Å². The van der Waals surface area contributed by atoms with Gasteiger partial charge in [-0.3, -0.25) is 0 Å². The third-order valence-electron chi connectivity index (χ3n) is 2.17. The molecule has 1 aromatic rings. The molecule has 16 heavy (non-hydrogen) atoms. The van der Waals surface area contributed by atoms with Gasteiger partial charge in [0.05, 0.1) is 26.0 Å². The fourth-order valence-corrected chi connectivity index (χ4v) is 1.32. The fourth-order valence-electron chi connectivity index (χ4n) is 1.32. The molecule has 0 saturated carbocycles. The number of aryl methyl sites for hydroxylation is 1. The molecule has 0 atom stereocenters. The quantitative estimate of drug-likeness (QED) is 0.690. The first-order valence-corrected chi connectivity index (χ1v) is 4.99. The average molecular weight is 228 g/mol. The van der Waals surface area contributed by atoms with Crippen molar-refractivity contribution >= 4 is 5.97 Å². The number of hydrogen-bond donors (Lipinski definition) is 1. The van der Waals surface area contributed by atoms with E-state index in [1.54, 1.807) is 18.6 Å². The molecule has 0 aliphatic heterocycles. The second kappa shape index (κ2) is 6.24. The molecule has 0 aromatic carbocycles. The first kappa shape index (κ1) is 12.7. The van der Waals surface area contributed by atoms with Crippen LogP contribution >= 0.6 is 0 Å². The van der Waals surface area contributed by atoms with E-state index in [0.29, 0.717) is 32.2 Å². The molecule has 6 heteroatoms. The van der Waals surface area contributed by atoms with E-state index in [2.05, 4.69) is 4.98 Å². The lowest BCUT2D eigenvalue weighted by Crippen LogP contribution is -2.15. The van der Waals surface area contributed by atoms with Gasteiger partial charge in [0.15, 0.2) is 0 Å². The SMILES string of the molecule is COCCOCCn1c(C(=O)O)cnc1C. The van der Waals surface area contributed by atoms with Gasteiger partial charge in [-0.25, -0.2) is 9.78 Å². The Hall–Kier alpha value is -1.40. The average Bonchev–Trinajstić information content (AvgIpc) is 2.60. The first-order valence-electron chi connectivity index (χ1n) is 4.99. The van der Waals surface area contributed by atoms with E-state index in [9.17, 15) is 4.79 Å². The lowest BCUT2D eigenvalue weighted by atomic mass is 10.4. The van der Waals surface area contributed by atoms with Gasteiger partial charge in [-0.15, -0.1) is 0 Å². The van der Waals surface area contributed by atoms with Crippen LogP contribution in [-0.2, 0) is 16.0 Å². The van der Waals surface area contributed by atoms with E-state index in [-0.39, 0.29) is 5.69 Å². The lowest BCUT2D eigenvalue weighted by molar-refractivity contribution is 0.0627. The highest BCUT2D eigenvalue weighted by molar-refractivity contribution is 5.85. The van der Waals surface area contributed by atoms with E-state index in [1.165, 1.54) is 6.20 Å². The zero-order valence-corrected chi connectivity index (χ0v) is 9.47. The summed E-state index contributed by atoms with van der Waals surface area (Å²) < 4.78 is 11.7.